The van der Waals surface area contributed by atoms with Gasteiger partial charge in [-0.05, 0) is 36.6 Å². The Morgan fingerprint density at radius 3 is 2.68 bits per heavy atom. The molecule has 0 atom stereocenters. The van der Waals surface area contributed by atoms with E-state index in [1.165, 1.54) is 23.5 Å². The lowest BCUT2D eigenvalue weighted by Crippen LogP contribution is -2.31. The van der Waals surface area contributed by atoms with Crippen molar-refractivity contribution in [3.05, 3.63) is 52.3 Å². The number of nitrogens with one attached hydrogen (secondary N) is 1. The van der Waals surface area contributed by atoms with E-state index in [9.17, 15) is 14.0 Å². The summed E-state index contributed by atoms with van der Waals surface area (Å²) in [6.45, 7) is 6.54. The highest BCUT2D eigenvalue weighted by molar-refractivity contribution is 7.20. The minimum absolute atomic E-state index is 0.288. The number of hydrogen-bond donors (Lipinski definition) is 1. The number of carbonyl (C=O) groups is 2. The molecule has 0 aliphatic carbocycles. The zero-order valence-electron chi connectivity index (χ0n) is 16.0. The van der Waals surface area contributed by atoms with Gasteiger partial charge < -0.3 is 10.1 Å². The second-order valence-corrected chi connectivity index (χ2v) is 8.00. The van der Waals surface area contributed by atoms with Crippen LogP contribution in [-0.2, 0) is 16.1 Å². The summed E-state index contributed by atoms with van der Waals surface area (Å²) in [4.78, 5) is 25.3. The molecule has 0 radical (unpaired) electrons. The number of ether oxygens (including phenoxy) is 1. The monoisotopic (exact) mass is 403 g/mol. The number of fused-ring (bicyclic) bond motifs is 1. The van der Waals surface area contributed by atoms with E-state index in [1.54, 1.807) is 22.9 Å². The predicted molar refractivity (Wildman–Crippen MR) is 106 cm³/mol. The van der Waals surface area contributed by atoms with E-state index in [-0.39, 0.29) is 18.3 Å². The van der Waals surface area contributed by atoms with Crippen molar-refractivity contribution < 1.29 is 18.7 Å². The fourth-order valence-electron chi connectivity index (χ4n) is 2.65. The van der Waals surface area contributed by atoms with Gasteiger partial charge in [-0.3, -0.25) is 9.48 Å². The molecule has 0 spiro atoms. The maximum Gasteiger partial charge on any atom is 0.348 e. The second kappa shape index (κ2) is 8.52. The van der Waals surface area contributed by atoms with E-state index >= 15 is 0 Å². The molecule has 0 saturated carbocycles. The van der Waals surface area contributed by atoms with Crippen LogP contribution in [0.25, 0.3) is 10.2 Å². The third-order valence-electron chi connectivity index (χ3n) is 4.10. The van der Waals surface area contributed by atoms with Crippen LogP contribution in [0, 0.1) is 18.7 Å². The van der Waals surface area contributed by atoms with Crippen LogP contribution in [0.3, 0.4) is 0 Å². The van der Waals surface area contributed by atoms with Crippen LogP contribution in [0.4, 0.5) is 4.39 Å². The van der Waals surface area contributed by atoms with Gasteiger partial charge in [-0.1, -0.05) is 26.0 Å². The molecule has 6 nitrogen and oxygen atoms in total. The van der Waals surface area contributed by atoms with Gasteiger partial charge in [0, 0.05) is 11.9 Å². The predicted octanol–water partition coefficient (Wildman–Crippen LogP) is 3.52. The van der Waals surface area contributed by atoms with Gasteiger partial charge in [0.25, 0.3) is 5.91 Å². The first-order valence-corrected chi connectivity index (χ1v) is 9.80. The smallest absolute Gasteiger partial charge is 0.348 e. The SMILES string of the molecule is Cc1nn(Cc2ccc(F)cc2)c2sc(C(=O)OCC(=O)NCC(C)C)cc12. The average molecular weight is 403 g/mol. The molecular weight excluding hydrogens is 381 g/mol. The van der Waals surface area contributed by atoms with E-state index in [0.717, 1.165) is 21.5 Å². The highest BCUT2D eigenvalue weighted by atomic mass is 32.1. The summed E-state index contributed by atoms with van der Waals surface area (Å²) >= 11 is 1.27. The summed E-state index contributed by atoms with van der Waals surface area (Å²) in [5.74, 6) is -0.811. The van der Waals surface area contributed by atoms with E-state index in [2.05, 4.69) is 10.4 Å². The Hall–Kier alpha value is -2.74. The Kier molecular flexibility index (Phi) is 6.08. The number of amides is 1. The molecule has 28 heavy (non-hydrogen) atoms. The van der Waals surface area contributed by atoms with Crippen LogP contribution >= 0.6 is 11.3 Å². The van der Waals surface area contributed by atoms with E-state index < -0.39 is 5.97 Å². The van der Waals surface area contributed by atoms with Crippen molar-refractivity contribution in [3.8, 4) is 0 Å². The summed E-state index contributed by atoms with van der Waals surface area (Å²) in [5.41, 5.74) is 1.70. The zero-order chi connectivity index (χ0) is 20.3. The van der Waals surface area contributed by atoms with Crippen LogP contribution in [-0.4, -0.2) is 34.8 Å². The first-order valence-electron chi connectivity index (χ1n) is 8.98. The number of carbonyl (C=O) groups excluding carboxylic acids is 2. The zero-order valence-corrected chi connectivity index (χ0v) is 16.8. The van der Waals surface area contributed by atoms with Crippen molar-refractivity contribution in [2.75, 3.05) is 13.2 Å². The molecule has 0 saturated heterocycles. The number of aryl methyl sites for hydroxylation is 1. The number of rotatable bonds is 7. The Labute approximate surface area is 166 Å². The summed E-state index contributed by atoms with van der Waals surface area (Å²) < 4.78 is 20.0. The Morgan fingerprint density at radius 2 is 2.00 bits per heavy atom. The van der Waals surface area contributed by atoms with Crippen molar-refractivity contribution in [1.82, 2.24) is 15.1 Å². The van der Waals surface area contributed by atoms with E-state index in [4.69, 9.17) is 4.74 Å². The third kappa shape index (κ3) is 4.75. The molecule has 3 rings (SSSR count). The van der Waals surface area contributed by atoms with Crippen molar-refractivity contribution >= 4 is 33.4 Å². The van der Waals surface area contributed by atoms with Crippen LogP contribution in [0.15, 0.2) is 30.3 Å². The summed E-state index contributed by atoms with van der Waals surface area (Å²) in [7, 11) is 0. The fourth-order valence-corrected chi connectivity index (χ4v) is 3.71. The lowest BCUT2D eigenvalue weighted by atomic mass is 10.2. The molecule has 2 aromatic heterocycles. The Balaban J connectivity index is 1.70. The Morgan fingerprint density at radius 1 is 1.29 bits per heavy atom. The molecule has 0 aliphatic heterocycles. The largest absolute Gasteiger partial charge is 0.451 e. The molecule has 8 heteroatoms. The highest BCUT2D eigenvalue weighted by Gasteiger charge is 2.18. The van der Waals surface area contributed by atoms with Gasteiger partial charge in [-0.25, -0.2) is 9.18 Å². The molecule has 2 heterocycles. The van der Waals surface area contributed by atoms with Crippen LogP contribution < -0.4 is 5.32 Å². The average Bonchev–Trinajstić information content (AvgIpc) is 3.21. The molecule has 0 fully saturated rings. The molecule has 1 N–H and O–H groups in total. The van der Waals surface area contributed by atoms with E-state index in [1.807, 2.05) is 20.8 Å². The molecule has 0 aliphatic rings. The van der Waals surface area contributed by atoms with Crippen LogP contribution in [0.5, 0.6) is 0 Å². The number of nitrogens with zero attached hydrogens (tertiary/aromatic N) is 2. The van der Waals surface area contributed by atoms with Gasteiger partial charge in [0.05, 0.1) is 12.2 Å². The minimum atomic E-state index is -0.534. The number of aromatic nitrogens is 2. The fraction of sp³-hybridized carbons (Fsp3) is 0.350. The quantitative estimate of drug-likeness (QED) is 0.613. The van der Waals surface area contributed by atoms with Gasteiger partial charge in [0.2, 0.25) is 0 Å². The number of esters is 1. The topological polar surface area (TPSA) is 73.2 Å². The summed E-state index contributed by atoms with van der Waals surface area (Å²) in [5, 5.41) is 8.07. The lowest BCUT2D eigenvalue weighted by molar-refractivity contribution is -0.124. The molecule has 1 aromatic carbocycles. The van der Waals surface area contributed by atoms with Gasteiger partial charge in [-0.2, -0.15) is 5.10 Å². The standard InChI is InChI=1S/C20H22FN3O3S/c1-12(2)9-22-18(25)11-27-20(26)17-8-16-13(3)23-24(19(16)28-17)10-14-4-6-15(21)7-5-14/h4-8,12H,9-11H2,1-3H3,(H,22,25). The van der Waals surface area contributed by atoms with Crippen molar-refractivity contribution in [1.29, 1.82) is 0 Å². The van der Waals surface area contributed by atoms with Crippen molar-refractivity contribution in [2.24, 2.45) is 5.92 Å². The van der Waals surface area contributed by atoms with Gasteiger partial charge >= 0.3 is 5.97 Å². The van der Waals surface area contributed by atoms with Crippen LogP contribution in [0.1, 0.15) is 34.8 Å². The normalized spacial score (nSPS) is 11.2. The first kappa shape index (κ1) is 20.0. The maximum absolute atomic E-state index is 13.1. The van der Waals surface area contributed by atoms with Gasteiger partial charge in [0.15, 0.2) is 6.61 Å². The number of thiophene rings is 1. The summed E-state index contributed by atoms with van der Waals surface area (Å²) in [6.07, 6.45) is 0. The van der Waals surface area contributed by atoms with Gasteiger partial charge in [0.1, 0.15) is 15.5 Å². The molecule has 0 bridgehead atoms. The minimum Gasteiger partial charge on any atom is -0.451 e. The molecule has 148 valence electrons. The van der Waals surface area contributed by atoms with Crippen molar-refractivity contribution in [3.63, 3.8) is 0 Å². The highest BCUT2D eigenvalue weighted by Crippen LogP contribution is 2.29. The number of benzene rings is 1. The molecule has 1 amide bonds. The summed E-state index contributed by atoms with van der Waals surface area (Å²) in [6, 6.07) is 7.96. The molecular formula is C20H22FN3O3S. The first-order chi connectivity index (χ1) is 13.3. The van der Waals surface area contributed by atoms with Gasteiger partial charge in [-0.15, -0.1) is 11.3 Å². The number of hydrogen-bond acceptors (Lipinski definition) is 5. The maximum atomic E-state index is 13.1. The lowest BCUT2D eigenvalue weighted by Gasteiger charge is -2.07. The number of halogens is 1. The van der Waals surface area contributed by atoms with Crippen LogP contribution in [0.2, 0.25) is 0 Å². The molecule has 3 aromatic rings. The van der Waals surface area contributed by atoms with E-state index in [0.29, 0.717) is 23.9 Å². The van der Waals surface area contributed by atoms with Crippen molar-refractivity contribution in [2.45, 2.75) is 27.3 Å². The third-order valence-corrected chi connectivity index (χ3v) is 5.22. The second-order valence-electron chi connectivity index (χ2n) is 6.97. The molecule has 0 unspecified atom stereocenters. The Bertz CT molecular complexity index is 992.